The second kappa shape index (κ2) is 10.3. The average molecular weight is 488 g/mol. The Labute approximate surface area is 212 Å². The zero-order valence-electron chi connectivity index (χ0n) is 22.7. The van der Waals surface area contributed by atoms with Gasteiger partial charge in [0.1, 0.15) is 13.2 Å². The van der Waals surface area contributed by atoms with Crippen LogP contribution in [-0.4, -0.2) is 38.2 Å². The number of amides is 1. The van der Waals surface area contributed by atoms with Crippen molar-refractivity contribution >= 4 is 11.9 Å². The number of esters is 1. The standard InChI is InChI=1S/C21H33NO4.C9H16/c1-4-25-5-6-26-18(23)10-22-21(24)17-8-13-7-16(17)20-15-9-14(19(13)20)11(2)12(15)3;1-6-7(2)9-4-3-8(6)5-9/h11-17,19-20H,4-10H2,1-3H3,(H,22,24);6-9H,3-5H2,1-2H3. The number of fused-ring (bicyclic) bond motifs is 11. The maximum Gasteiger partial charge on any atom is 0.325 e. The molecule has 35 heavy (non-hydrogen) atoms. The Morgan fingerprint density at radius 3 is 2.00 bits per heavy atom. The van der Waals surface area contributed by atoms with Crippen molar-refractivity contribution in [2.24, 2.45) is 76.9 Å². The Bertz CT molecular complexity index is 766. The number of carbonyl (C=O) groups is 2. The molecule has 0 aliphatic heterocycles. The van der Waals surface area contributed by atoms with Gasteiger partial charge >= 0.3 is 5.97 Å². The molecule has 6 rings (SSSR count). The van der Waals surface area contributed by atoms with Crippen LogP contribution in [0, 0.1) is 76.9 Å². The first-order valence-corrected chi connectivity index (χ1v) is 14.8. The molecule has 6 bridgehead atoms. The highest BCUT2D eigenvalue weighted by molar-refractivity contribution is 5.84. The molecule has 6 aliphatic carbocycles. The molecule has 1 amide bonds. The van der Waals surface area contributed by atoms with E-state index < -0.39 is 0 Å². The molecule has 5 heteroatoms. The van der Waals surface area contributed by atoms with Crippen molar-refractivity contribution in [1.82, 2.24) is 5.32 Å². The summed E-state index contributed by atoms with van der Waals surface area (Å²) in [6.07, 6.45) is 8.29. The summed E-state index contributed by atoms with van der Waals surface area (Å²) in [6.45, 7) is 12.9. The Morgan fingerprint density at radius 1 is 0.743 bits per heavy atom. The normalized spacial score (nSPS) is 48.0. The predicted molar refractivity (Wildman–Crippen MR) is 136 cm³/mol. The van der Waals surface area contributed by atoms with Crippen LogP contribution in [0.15, 0.2) is 0 Å². The van der Waals surface area contributed by atoms with Crippen LogP contribution in [0.5, 0.6) is 0 Å². The van der Waals surface area contributed by atoms with Crippen LogP contribution in [0.3, 0.4) is 0 Å². The molecule has 0 radical (unpaired) electrons. The number of ether oxygens (including phenoxy) is 2. The van der Waals surface area contributed by atoms with Gasteiger partial charge in [-0.05, 0) is 116 Å². The van der Waals surface area contributed by atoms with Gasteiger partial charge in [-0.25, -0.2) is 0 Å². The van der Waals surface area contributed by atoms with Gasteiger partial charge in [0.25, 0.3) is 0 Å². The van der Waals surface area contributed by atoms with Crippen LogP contribution >= 0.6 is 0 Å². The van der Waals surface area contributed by atoms with Gasteiger partial charge in [-0.2, -0.15) is 0 Å². The largest absolute Gasteiger partial charge is 0.462 e. The quantitative estimate of drug-likeness (QED) is 0.305. The van der Waals surface area contributed by atoms with Crippen LogP contribution in [0.4, 0.5) is 0 Å². The first-order valence-electron chi connectivity index (χ1n) is 14.8. The van der Waals surface area contributed by atoms with Gasteiger partial charge in [-0.15, -0.1) is 0 Å². The van der Waals surface area contributed by atoms with E-state index in [1.807, 2.05) is 6.92 Å². The lowest BCUT2D eigenvalue weighted by Gasteiger charge is -2.43. The molecule has 6 saturated carbocycles. The second-order valence-electron chi connectivity index (χ2n) is 13.1. The third-order valence-corrected chi connectivity index (χ3v) is 12.1. The summed E-state index contributed by atoms with van der Waals surface area (Å²) in [5.41, 5.74) is 0. The van der Waals surface area contributed by atoms with Gasteiger partial charge in [-0.1, -0.05) is 27.7 Å². The number of hydrogen-bond acceptors (Lipinski definition) is 4. The minimum atomic E-state index is -0.374. The SMILES string of the molecule is CC1C2CCC(C2)C1C.CCOCCOC(=O)CNC(=O)C1CC2CC1C1C3CC(C(C)C3C)C21. The summed E-state index contributed by atoms with van der Waals surface area (Å²) in [7, 11) is 0. The van der Waals surface area contributed by atoms with Crippen molar-refractivity contribution in [2.45, 2.75) is 73.1 Å². The molecule has 0 spiro atoms. The van der Waals surface area contributed by atoms with Crippen molar-refractivity contribution in [3.8, 4) is 0 Å². The first kappa shape index (κ1) is 25.5. The average Bonchev–Trinajstić information content (AvgIpc) is 3.67. The summed E-state index contributed by atoms with van der Waals surface area (Å²) in [5, 5.41) is 2.84. The molecule has 198 valence electrons. The lowest BCUT2D eigenvalue weighted by atomic mass is 9.62. The molecule has 0 aromatic heterocycles. The predicted octanol–water partition coefficient (Wildman–Crippen LogP) is 5.18. The van der Waals surface area contributed by atoms with Gasteiger partial charge in [0, 0.05) is 12.5 Å². The lowest BCUT2D eigenvalue weighted by molar-refractivity contribution is -0.146. The van der Waals surface area contributed by atoms with E-state index in [-0.39, 0.29) is 30.9 Å². The third kappa shape index (κ3) is 4.57. The van der Waals surface area contributed by atoms with Crippen molar-refractivity contribution < 1.29 is 19.1 Å². The van der Waals surface area contributed by atoms with Gasteiger partial charge < -0.3 is 14.8 Å². The van der Waals surface area contributed by atoms with Gasteiger partial charge in [0.2, 0.25) is 5.91 Å². The highest BCUT2D eigenvalue weighted by Gasteiger charge is 2.66. The van der Waals surface area contributed by atoms with Crippen LogP contribution in [-0.2, 0) is 19.1 Å². The smallest absolute Gasteiger partial charge is 0.325 e. The van der Waals surface area contributed by atoms with E-state index in [0.717, 1.165) is 71.5 Å². The molecule has 6 fully saturated rings. The van der Waals surface area contributed by atoms with Crippen molar-refractivity contribution in [1.29, 1.82) is 0 Å². The molecule has 13 unspecified atom stereocenters. The fourth-order valence-electron chi connectivity index (χ4n) is 10.1. The maximum atomic E-state index is 12.7. The Morgan fingerprint density at radius 2 is 1.40 bits per heavy atom. The lowest BCUT2D eigenvalue weighted by Crippen LogP contribution is -2.44. The van der Waals surface area contributed by atoms with Crippen LogP contribution < -0.4 is 5.32 Å². The molecule has 6 aliphatic rings. The van der Waals surface area contributed by atoms with Crippen molar-refractivity contribution in [3.63, 3.8) is 0 Å². The minimum absolute atomic E-state index is 0.0214. The highest BCUT2D eigenvalue weighted by Crippen LogP contribution is 2.71. The minimum Gasteiger partial charge on any atom is -0.462 e. The highest BCUT2D eigenvalue weighted by atomic mass is 16.6. The van der Waals surface area contributed by atoms with E-state index in [0.29, 0.717) is 19.1 Å². The number of nitrogens with one attached hydrogen (secondary N) is 1. The summed E-state index contributed by atoms with van der Waals surface area (Å²) < 4.78 is 10.2. The van der Waals surface area contributed by atoms with E-state index >= 15 is 0 Å². The summed E-state index contributed by atoms with van der Waals surface area (Å²) in [5.74, 6) is 10.5. The van der Waals surface area contributed by atoms with E-state index in [1.54, 1.807) is 6.42 Å². The van der Waals surface area contributed by atoms with Crippen LogP contribution in [0.1, 0.15) is 73.1 Å². The Balaban J connectivity index is 0.000000234. The van der Waals surface area contributed by atoms with Crippen LogP contribution in [0.2, 0.25) is 0 Å². The van der Waals surface area contributed by atoms with Crippen molar-refractivity contribution in [3.05, 3.63) is 0 Å². The van der Waals surface area contributed by atoms with Gasteiger partial charge in [0.05, 0.1) is 6.61 Å². The van der Waals surface area contributed by atoms with Gasteiger partial charge in [0.15, 0.2) is 0 Å². The summed E-state index contributed by atoms with van der Waals surface area (Å²) in [6, 6.07) is 0. The Hall–Kier alpha value is -1.10. The molecular formula is C30H49NO4. The van der Waals surface area contributed by atoms with E-state index in [9.17, 15) is 9.59 Å². The van der Waals surface area contributed by atoms with Gasteiger partial charge in [-0.3, -0.25) is 9.59 Å². The fourth-order valence-corrected chi connectivity index (χ4v) is 10.1. The zero-order valence-corrected chi connectivity index (χ0v) is 22.7. The van der Waals surface area contributed by atoms with E-state index in [1.165, 1.54) is 25.7 Å². The fraction of sp³-hybridized carbons (Fsp3) is 0.933. The molecule has 13 atom stereocenters. The molecule has 0 aromatic carbocycles. The van der Waals surface area contributed by atoms with E-state index in [4.69, 9.17) is 9.47 Å². The number of carbonyl (C=O) groups excluding carboxylic acids is 2. The molecule has 0 saturated heterocycles. The molecular weight excluding hydrogens is 438 g/mol. The zero-order chi connectivity index (χ0) is 24.9. The maximum absolute atomic E-state index is 12.7. The number of rotatable bonds is 7. The van der Waals surface area contributed by atoms with Crippen LogP contribution in [0.25, 0.3) is 0 Å². The van der Waals surface area contributed by atoms with Crippen molar-refractivity contribution in [2.75, 3.05) is 26.4 Å². The monoisotopic (exact) mass is 487 g/mol. The molecule has 0 aromatic rings. The Kier molecular flexibility index (Phi) is 7.55. The summed E-state index contributed by atoms with van der Waals surface area (Å²) >= 11 is 0. The summed E-state index contributed by atoms with van der Waals surface area (Å²) in [4.78, 5) is 24.5. The molecule has 0 heterocycles. The third-order valence-electron chi connectivity index (χ3n) is 12.1. The first-order chi connectivity index (χ1) is 16.8. The topological polar surface area (TPSA) is 64.6 Å². The number of hydrogen-bond donors (Lipinski definition) is 1. The molecule has 1 N–H and O–H groups in total. The second-order valence-corrected chi connectivity index (χ2v) is 13.1. The molecule has 5 nitrogen and oxygen atoms in total. The van der Waals surface area contributed by atoms with E-state index in [2.05, 4.69) is 33.0 Å².